The number of nitro benzene ring substituents is 1. The second kappa shape index (κ2) is 10.2. The summed E-state index contributed by atoms with van der Waals surface area (Å²) in [4.78, 5) is 27.4. The normalized spacial score (nSPS) is 14.7. The number of aromatic nitrogens is 1. The summed E-state index contributed by atoms with van der Waals surface area (Å²) in [5, 5.41) is 26.2. The van der Waals surface area contributed by atoms with Crippen molar-refractivity contribution in [2.24, 2.45) is 5.10 Å². The number of pyridine rings is 1. The van der Waals surface area contributed by atoms with Crippen LogP contribution in [0.1, 0.15) is 35.7 Å². The number of carbonyl (C=O) groups excluding carboxylic acids is 1. The fraction of sp³-hybridized carbons (Fsp3) is 0.250. The molecule has 0 unspecified atom stereocenters. The number of benzene rings is 1. The maximum atomic E-state index is 12.2. The number of para-hydroxylation sites is 1. The van der Waals surface area contributed by atoms with Crippen LogP contribution in [0.3, 0.4) is 0 Å². The zero-order valence-corrected chi connectivity index (χ0v) is 19.6. The van der Waals surface area contributed by atoms with E-state index >= 15 is 0 Å². The van der Waals surface area contributed by atoms with Crippen LogP contribution in [0, 0.1) is 28.4 Å². The van der Waals surface area contributed by atoms with Crippen molar-refractivity contribution >= 4 is 17.5 Å². The predicted molar refractivity (Wildman–Crippen MR) is 124 cm³/mol. The summed E-state index contributed by atoms with van der Waals surface area (Å²) in [6.45, 7) is 3.06. The van der Waals surface area contributed by atoms with Crippen LogP contribution in [0.15, 0.2) is 52.0 Å². The predicted octanol–water partition coefficient (Wildman–Crippen LogP) is 3.85. The van der Waals surface area contributed by atoms with Gasteiger partial charge in [0.25, 0.3) is 11.9 Å². The lowest BCUT2D eigenvalue weighted by Gasteiger charge is -2.16. The van der Waals surface area contributed by atoms with Crippen molar-refractivity contribution in [3.05, 3.63) is 75.2 Å². The Morgan fingerprint density at radius 3 is 2.75 bits per heavy atom. The Morgan fingerprint density at radius 1 is 1.28 bits per heavy atom. The molecule has 4 rings (SSSR count). The zero-order valence-electron chi connectivity index (χ0n) is 19.6. The quantitative estimate of drug-likeness (QED) is 0.338. The molecule has 1 aliphatic heterocycles. The van der Waals surface area contributed by atoms with Crippen LogP contribution in [-0.4, -0.2) is 40.4 Å². The number of hydrogen-bond donors (Lipinski definition) is 0. The third-order valence-corrected chi connectivity index (χ3v) is 5.19. The maximum Gasteiger partial charge on any atom is 0.280 e. The Morgan fingerprint density at radius 2 is 2.06 bits per heavy atom. The molecular weight excluding hydrogens is 470 g/mol. The first-order valence-electron chi connectivity index (χ1n) is 10.7. The number of hydrazone groups is 1. The third-order valence-electron chi connectivity index (χ3n) is 5.19. The third kappa shape index (κ3) is 4.86. The van der Waals surface area contributed by atoms with E-state index < -0.39 is 17.1 Å². The van der Waals surface area contributed by atoms with E-state index in [1.807, 2.05) is 0 Å². The molecule has 2 aromatic heterocycles. The van der Waals surface area contributed by atoms with Gasteiger partial charge < -0.3 is 18.6 Å². The van der Waals surface area contributed by atoms with Crippen molar-refractivity contribution in [3.63, 3.8) is 0 Å². The first-order chi connectivity index (χ1) is 17.3. The molecule has 0 fully saturated rings. The van der Waals surface area contributed by atoms with E-state index in [2.05, 4.69) is 16.2 Å². The van der Waals surface area contributed by atoms with Crippen molar-refractivity contribution < 1.29 is 28.3 Å². The molecule has 12 heteroatoms. The number of nitrogens with zero attached hydrogens (tertiary/aromatic N) is 5. The van der Waals surface area contributed by atoms with Crippen LogP contribution < -0.4 is 4.74 Å². The van der Waals surface area contributed by atoms with E-state index in [1.165, 1.54) is 20.1 Å². The molecule has 0 aliphatic carbocycles. The van der Waals surface area contributed by atoms with Crippen LogP contribution in [-0.2, 0) is 20.9 Å². The second-order valence-electron chi connectivity index (χ2n) is 7.74. The van der Waals surface area contributed by atoms with Crippen LogP contribution in [0.25, 0.3) is 11.3 Å². The van der Waals surface area contributed by atoms with E-state index in [9.17, 15) is 20.2 Å². The number of aryl methyl sites for hydroxylation is 1. The molecular formula is C24H21N5O7. The Kier molecular flexibility index (Phi) is 6.93. The summed E-state index contributed by atoms with van der Waals surface area (Å²) in [6.07, 6.45) is -1.04. The summed E-state index contributed by atoms with van der Waals surface area (Å²) >= 11 is 0. The molecule has 1 atom stereocenters. The monoisotopic (exact) mass is 491 g/mol. The number of amides is 1. The topological polar surface area (TPSA) is 153 Å². The van der Waals surface area contributed by atoms with E-state index in [0.29, 0.717) is 11.3 Å². The Bertz CT molecular complexity index is 1390. The summed E-state index contributed by atoms with van der Waals surface area (Å²) in [5.74, 6) is 0.172. The van der Waals surface area contributed by atoms with Crippen molar-refractivity contribution in [1.82, 2.24) is 9.99 Å². The number of furan rings is 1. The molecule has 0 saturated heterocycles. The Labute approximate surface area is 205 Å². The zero-order chi connectivity index (χ0) is 25.8. The number of ether oxygens (including phenoxy) is 3. The van der Waals surface area contributed by atoms with Gasteiger partial charge in [-0.15, -0.1) is 5.10 Å². The molecule has 1 aliphatic rings. The minimum absolute atomic E-state index is 0.0549. The van der Waals surface area contributed by atoms with Gasteiger partial charge in [-0.3, -0.25) is 14.9 Å². The Balaban J connectivity index is 1.55. The number of nitro groups is 1. The lowest BCUT2D eigenvalue weighted by Crippen LogP contribution is -2.25. The van der Waals surface area contributed by atoms with E-state index in [-0.39, 0.29) is 53.3 Å². The standard InChI is InChI=1S/C24H21N5O7/c1-14-10-16(12-33-3)18(11-25)23(26-14)34-13-22-27-28(15(2)30)24(36-22)21-9-8-20(35-21)17-6-4-5-7-19(17)29(31)32/h4-10,24H,12-13H2,1-3H3/t24-/m0/s1. The highest BCUT2D eigenvalue weighted by Gasteiger charge is 2.35. The van der Waals surface area contributed by atoms with Gasteiger partial charge in [0.05, 0.1) is 17.1 Å². The highest BCUT2D eigenvalue weighted by molar-refractivity contribution is 5.83. The average molecular weight is 491 g/mol. The number of hydrogen-bond acceptors (Lipinski definition) is 10. The van der Waals surface area contributed by atoms with Gasteiger partial charge in [-0.25, -0.2) is 4.98 Å². The van der Waals surface area contributed by atoms with Crippen molar-refractivity contribution in [2.75, 3.05) is 13.7 Å². The van der Waals surface area contributed by atoms with E-state index in [0.717, 1.165) is 5.01 Å². The van der Waals surface area contributed by atoms with Crippen molar-refractivity contribution in [1.29, 1.82) is 5.26 Å². The Hall–Kier alpha value is -4.76. The summed E-state index contributed by atoms with van der Waals surface area (Å²) < 4.78 is 22.5. The molecule has 3 heterocycles. The van der Waals surface area contributed by atoms with Crippen LogP contribution in [0.2, 0.25) is 0 Å². The smallest absolute Gasteiger partial charge is 0.280 e. The maximum absolute atomic E-state index is 12.2. The molecule has 0 saturated carbocycles. The van der Waals surface area contributed by atoms with E-state index in [4.69, 9.17) is 18.6 Å². The van der Waals surface area contributed by atoms with Crippen LogP contribution in [0.4, 0.5) is 5.69 Å². The number of nitriles is 1. The van der Waals surface area contributed by atoms with Gasteiger partial charge in [-0.1, -0.05) is 12.1 Å². The molecule has 12 nitrogen and oxygen atoms in total. The fourth-order valence-corrected chi connectivity index (χ4v) is 3.66. The summed E-state index contributed by atoms with van der Waals surface area (Å²) in [6, 6.07) is 13.1. The largest absolute Gasteiger partial charge is 0.467 e. The molecule has 0 bridgehead atoms. The minimum Gasteiger partial charge on any atom is -0.467 e. The first kappa shape index (κ1) is 24.4. The number of rotatable bonds is 8. The first-order valence-corrected chi connectivity index (χ1v) is 10.7. The molecule has 0 radical (unpaired) electrons. The highest BCUT2D eigenvalue weighted by Crippen LogP contribution is 2.36. The lowest BCUT2D eigenvalue weighted by atomic mass is 10.1. The van der Waals surface area contributed by atoms with Crippen molar-refractivity contribution in [2.45, 2.75) is 26.7 Å². The molecule has 184 valence electrons. The molecule has 0 spiro atoms. The molecule has 0 N–H and O–H groups in total. The molecule has 36 heavy (non-hydrogen) atoms. The molecule has 1 amide bonds. The number of methoxy groups -OCH3 is 1. The SMILES string of the molecule is COCc1cc(C)nc(OCC2=NN(C(C)=O)[C@H](c3ccc(-c4ccccc4[N+](=O)[O-])o3)O2)c1C#N. The van der Waals surface area contributed by atoms with Gasteiger partial charge in [0, 0.05) is 31.4 Å². The molecule has 3 aromatic rings. The molecule has 1 aromatic carbocycles. The average Bonchev–Trinajstić information content (AvgIpc) is 3.50. The second-order valence-corrected chi connectivity index (χ2v) is 7.74. The minimum atomic E-state index is -1.04. The van der Waals surface area contributed by atoms with Gasteiger partial charge in [-0.2, -0.15) is 10.3 Å². The van der Waals surface area contributed by atoms with Crippen LogP contribution in [0.5, 0.6) is 5.88 Å². The van der Waals surface area contributed by atoms with Gasteiger partial charge >= 0.3 is 0 Å². The van der Waals surface area contributed by atoms with E-state index in [1.54, 1.807) is 43.3 Å². The summed E-state index contributed by atoms with van der Waals surface area (Å²) in [7, 11) is 1.52. The van der Waals surface area contributed by atoms with Gasteiger partial charge in [0.2, 0.25) is 17.7 Å². The lowest BCUT2D eigenvalue weighted by molar-refractivity contribution is -0.384. The highest BCUT2D eigenvalue weighted by atomic mass is 16.6. The van der Waals surface area contributed by atoms with Gasteiger partial charge in [-0.05, 0) is 31.2 Å². The van der Waals surface area contributed by atoms with Crippen molar-refractivity contribution in [3.8, 4) is 23.3 Å². The van der Waals surface area contributed by atoms with Gasteiger partial charge in [0.15, 0.2) is 12.4 Å². The fourth-order valence-electron chi connectivity index (χ4n) is 3.66. The summed E-state index contributed by atoms with van der Waals surface area (Å²) in [5.41, 5.74) is 1.64. The van der Waals surface area contributed by atoms with Gasteiger partial charge in [0.1, 0.15) is 17.4 Å². The van der Waals surface area contributed by atoms with Crippen LogP contribution >= 0.6 is 0 Å². The number of carbonyl (C=O) groups is 1.